The predicted octanol–water partition coefficient (Wildman–Crippen LogP) is 2.45. The molecule has 0 bridgehead atoms. The molecule has 0 unspecified atom stereocenters. The molecule has 4 nitrogen and oxygen atoms in total. The van der Waals surface area contributed by atoms with Gasteiger partial charge in [0.05, 0.1) is 11.8 Å². The number of aryl methyl sites for hydroxylation is 1. The van der Waals surface area contributed by atoms with Crippen molar-refractivity contribution in [3.05, 3.63) is 47.8 Å². The van der Waals surface area contributed by atoms with Crippen LogP contribution in [0.4, 0.5) is 8.78 Å². The quantitative estimate of drug-likeness (QED) is 0.781. The first-order valence-electron chi connectivity index (χ1n) is 5.61. The zero-order valence-electron chi connectivity index (χ0n) is 10.2. The van der Waals surface area contributed by atoms with E-state index in [0.717, 1.165) is 5.56 Å². The molecule has 19 heavy (non-hydrogen) atoms. The molecule has 100 valence electrons. The minimum atomic E-state index is -2.95. The second-order valence-electron chi connectivity index (χ2n) is 4.00. The summed E-state index contributed by atoms with van der Waals surface area (Å²) < 4.78 is 30.4. The summed E-state index contributed by atoms with van der Waals surface area (Å²) in [5, 5.41) is 3.95. The highest BCUT2D eigenvalue weighted by molar-refractivity contribution is 5.99. The van der Waals surface area contributed by atoms with Gasteiger partial charge < -0.3 is 4.74 Å². The maximum Gasteiger partial charge on any atom is 0.387 e. The number of carbonyl (C=O) groups excluding carboxylic acids is 1. The normalized spacial score (nSPS) is 10.7. The van der Waals surface area contributed by atoms with Crippen molar-refractivity contribution in [2.24, 2.45) is 7.05 Å². The maximum atomic E-state index is 12.2. The highest BCUT2D eigenvalue weighted by Crippen LogP contribution is 2.21. The lowest BCUT2D eigenvalue weighted by Gasteiger charge is -2.09. The van der Waals surface area contributed by atoms with Crippen LogP contribution in [0.5, 0.6) is 5.75 Å². The van der Waals surface area contributed by atoms with Crippen molar-refractivity contribution in [2.75, 3.05) is 0 Å². The number of benzene rings is 1. The van der Waals surface area contributed by atoms with Crippen molar-refractivity contribution < 1.29 is 18.3 Å². The molecule has 1 aromatic heterocycles. The van der Waals surface area contributed by atoms with E-state index in [9.17, 15) is 13.6 Å². The minimum absolute atomic E-state index is 0.0947. The second-order valence-corrected chi connectivity index (χ2v) is 4.00. The van der Waals surface area contributed by atoms with E-state index in [0.29, 0.717) is 0 Å². The molecule has 6 heteroatoms. The molecule has 0 aliphatic rings. The number of hydrogen-bond acceptors (Lipinski definition) is 3. The summed E-state index contributed by atoms with van der Waals surface area (Å²) in [6.45, 7) is -2.95. The monoisotopic (exact) mass is 266 g/mol. The zero-order valence-corrected chi connectivity index (χ0v) is 10.2. The van der Waals surface area contributed by atoms with Crippen LogP contribution in [-0.4, -0.2) is 22.2 Å². The van der Waals surface area contributed by atoms with E-state index in [1.54, 1.807) is 36.3 Å². The average Bonchev–Trinajstić information content (AvgIpc) is 2.74. The number of hydrogen-bond donors (Lipinski definition) is 0. The molecule has 0 spiro atoms. The molecule has 0 saturated heterocycles. The Balaban J connectivity index is 2.18. The van der Waals surface area contributed by atoms with Crippen LogP contribution in [0.3, 0.4) is 0 Å². The van der Waals surface area contributed by atoms with E-state index in [2.05, 4.69) is 9.84 Å². The Morgan fingerprint density at radius 2 is 2.16 bits per heavy atom. The Hall–Kier alpha value is -2.24. The Labute approximate surface area is 108 Å². The summed E-state index contributed by atoms with van der Waals surface area (Å²) in [5.74, 6) is -0.393. The number of ketones is 1. The Morgan fingerprint density at radius 1 is 1.42 bits per heavy atom. The van der Waals surface area contributed by atoms with Crippen LogP contribution in [0.1, 0.15) is 15.9 Å². The van der Waals surface area contributed by atoms with Crippen LogP contribution in [-0.2, 0) is 13.5 Å². The third kappa shape index (κ3) is 3.37. The lowest BCUT2D eigenvalue weighted by Crippen LogP contribution is -2.09. The fourth-order valence-electron chi connectivity index (χ4n) is 1.74. The average molecular weight is 266 g/mol. The molecule has 0 aliphatic carbocycles. The molecule has 0 amide bonds. The van der Waals surface area contributed by atoms with Gasteiger partial charge in [0.2, 0.25) is 0 Å². The largest absolute Gasteiger partial charge is 0.434 e. The molecule has 0 N–H and O–H groups in total. The van der Waals surface area contributed by atoms with Crippen LogP contribution in [0.15, 0.2) is 36.7 Å². The van der Waals surface area contributed by atoms with Gasteiger partial charge in [-0.25, -0.2) is 0 Å². The lowest BCUT2D eigenvalue weighted by molar-refractivity contribution is -0.0501. The summed E-state index contributed by atoms with van der Waals surface area (Å²) in [6, 6.07) is 5.96. The van der Waals surface area contributed by atoms with E-state index >= 15 is 0 Å². The van der Waals surface area contributed by atoms with Gasteiger partial charge in [-0.2, -0.15) is 13.9 Å². The van der Waals surface area contributed by atoms with E-state index in [1.807, 2.05) is 0 Å². The smallest absolute Gasteiger partial charge is 0.387 e. The highest BCUT2D eigenvalue weighted by atomic mass is 19.3. The van der Waals surface area contributed by atoms with Crippen molar-refractivity contribution in [2.45, 2.75) is 13.0 Å². The summed E-state index contributed by atoms with van der Waals surface area (Å²) in [4.78, 5) is 12.1. The SMILES string of the molecule is Cn1cc(CC(=O)c2ccccc2OC(F)F)cn1. The Morgan fingerprint density at radius 3 is 2.79 bits per heavy atom. The second kappa shape index (κ2) is 5.60. The van der Waals surface area contributed by atoms with Crippen molar-refractivity contribution in [1.82, 2.24) is 9.78 Å². The number of carbonyl (C=O) groups is 1. The zero-order chi connectivity index (χ0) is 13.8. The Kier molecular flexibility index (Phi) is 3.89. The third-order valence-corrected chi connectivity index (χ3v) is 2.53. The van der Waals surface area contributed by atoms with Gasteiger partial charge in [0.1, 0.15) is 5.75 Å². The number of nitrogens with zero attached hydrogens (tertiary/aromatic N) is 2. The molecule has 0 saturated carbocycles. The molecule has 0 fully saturated rings. The summed E-state index contributed by atoms with van der Waals surface area (Å²) in [6.07, 6.45) is 3.36. The topological polar surface area (TPSA) is 44.1 Å². The third-order valence-electron chi connectivity index (χ3n) is 2.53. The first-order valence-corrected chi connectivity index (χ1v) is 5.61. The van der Waals surface area contributed by atoms with Gasteiger partial charge in [-0.3, -0.25) is 9.48 Å². The Bertz CT molecular complexity index is 582. The van der Waals surface area contributed by atoms with Crippen molar-refractivity contribution >= 4 is 5.78 Å². The molecule has 0 aliphatic heterocycles. The molecule has 0 radical (unpaired) electrons. The summed E-state index contributed by atoms with van der Waals surface area (Å²) in [7, 11) is 1.74. The maximum absolute atomic E-state index is 12.2. The van der Waals surface area contributed by atoms with E-state index in [-0.39, 0.29) is 23.5 Å². The predicted molar refractivity (Wildman–Crippen MR) is 64.3 cm³/mol. The molecular formula is C13H12F2N2O2. The van der Waals surface area contributed by atoms with E-state index < -0.39 is 6.61 Å². The van der Waals surface area contributed by atoms with Crippen LogP contribution >= 0.6 is 0 Å². The van der Waals surface area contributed by atoms with Crippen LogP contribution < -0.4 is 4.74 Å². The van der Waals surface area contributed by atoms with Crippen molar-refractivity contribution in [1.29, 1.82) is 0 Å². The number of halogens is 2. The summed E-state index contributed by atoms with van der Waals surface area (Å²) in [5.41, 5.74) is 0.867. The van der Waals surface area contributed by atoms with E-state index in [1.165, 1.54) is 12.1 Å². The number of para-hydroxylation sites is 1. The van der Waals surface area contributed by atoms with E-state index in [4.69, 9.17) is 0 Å². The number of aromatic nitrogens is 2. The van der Waals surface area contributed by atoms with Gasteiger partial charge in [-0.1, -0.05) is 12.1 Å². The number of alkyl halides is 2. The van der Waals surface area contributed by atoms with Crippen LogP contribution in [0, 0.1) is 0 Å². The summed E-state index contributed by atoms with van der Waals surface area (Å²) >= 11 is 0. The fourth-order valence-corrected chi connectivity index (χ4v) is 1.74. The molecule has 1 heterocycles. The number of Topliss-reactive ketones (excluding diaryl/α,β-unsaturated/α-hetero) is 1. The van der Waals surface area contributed by atoms with Crippen LogP contribution in [0.25, 0.3) is 0 Å². The standard InChI is InChI=1S/C13H12F2N2O2/c1-17-8-9(7-16-17)6-11(18)10-4-2-3-5-12(10)19-13(14)15/h2-5,7-8,13H,6H2,1H3. The van der Waals surface area contributed by atoms with Gasteiger partial charge in [-0.15, -0.1) is 0 Å². The molecule has 0 atom stereocenters. The molecular weight excluding hydrogens is 254 g/mol. The minimum Gasteiger partial charge on any atom is -0.434 e. The number of ether oxygens (including phenoxy) is 1. The van der Waals surface area contributed by atoms with Gasteiger partial charge in [0.25, 0.3) is 0 Å². The highest BCUT2D eigenvalue weighted by Gasteiger charge is 2.16. The molecule has 2 aromatic rings. The van der Waals surface area contributed by atoms with Gasteiger partial charge >= 0.3 is 6.61 Å². The first-order chi connectivity index (χ1) is 9.06. The van der Waals surface area contributed by atoms with Crippen molar-refractivity contribution in [3.8, 4) is 5.75 Å². The first kappa shape index (κ1) is 13.2. The van der Waals surface area contributed by atoms with Gasteiger partial charge in [-0.05, 0) is 17.7 Å². The van der Waals surface area contributed by atoms with Crippen molar-refractivity contribution in [3.63, 3.8) is 0 Å². The molecule has 1 aromatic carbocycles. The fraction of sp³-hybridized carbons (Fsp3) is 0.231. The molecule has 2 rings (SSSR count). The van der Waals surface area contributed by atoms with Gasteiger partial charge in [0, 0.05) is 19.7 Å². The lowest BCUT2D eigenvalue weighted by atomic mass is 10.0. The van der Waals surface area contributed by atoms with Crippen LogP contribution in [0.2, 0.25) is 0 Å². The van der Waals surface area contributed by atoms with Gasteiger partial charge in [0.15, 0.2) is 5.78 Å². The number of rotatable bonds is 5.